The summed E-state index contributed by atoms with van der Waals surface area (Å²) in [6.07, 6.45) is 3.09. The molecule has 0 radical (unpaired) electrons. The third-order valence-corrected chi connectivity index (χ3v) is 3.04. The molecule has 0 aliphatic heterocycles. The van der Waals surface area contributed by atoms with E-state index in [1.165, 1.54) is 0 Å². The zero-order valence-electron chi connectivity index (χ0n) is 11.7. The summed E-state index contributed by atoms with van der Waals surface area (Å²) in [5.74, 6) is 1.67. The predicted molar refractivity (Wildman–Crippen MR) is 75.0 cm³/mol. The van der Waals surface area contributed by atoms with Crippen molar-refractivity contribution in [1.82, 2.24) is 9.97 Å². The Labute approximate surface area is 109 Å². The lowest BCUT2D eigenvalue weighted by atomic mass is 10.0. The van der Waals surface area contributed by atoms with E-state index in [1.54, 1.807) is 6.33 Å². The standard InChI is InChI=1S/C13H24N4O/c1-5-10-11(14-7-3)16-9-17-12(10)15-8-13(4,18)6-2/h9,18H,5-8H2,1-4H3,(H2,14,15,16,17). The van der Waals surface area contributed by atoms with Crippen LogP contribution < -0.4 is 10.6 Å². The van der Waals surface area contributed by atoms with Gasteiger partial charge >= 0.3 is 0 Å². The van der Waals surface area contributed by atoms with Gasteiger partial charge in [0.05, 0.1) is 5.60 Å². The van der Waals surface area contributed by atoms with Crippen molar-refractivity contribution in [3.63, 3.8) is 0 Å². The summed E-state index contributed by atoms with van der Waals surface area (Å²) in [6, 6.07) is 0. The molecule has 1 heterocycles. The molecular formula is C13H24N4O. The Balaban J connectivity index is 2.85. The maximum atomic E-state index is 10.00. The number of hydrogen-bond donors (Lipinski definition) is 3. The van der Waals surface area contributed by atoms with Gasteiger partial charge in [0, 0.05) is 18.7 Å². The predicted octanol–water partition coefficient (Wildman–Crippen LogP) is 2.04. The summed E-state index contributed by atoms with van der Waals surface area (Å²) < 4.78 is 0. The molecule has 0 aliphatic rings. The van der Waals surface area contributed by atoms with Crippen molar-refractivity contribution in [1.29, 1.82) is 0 Å². The van der Waals surface area contributed by atoms with Gasteiger partial charge in [0.2, 0.25) is 0 Å². The molecule has 1 atom stereocenters. The lowest BCUT2D eigenvalue weighted by Gasteiger charge is -2.23. The summed E-state index contributed by atoms with van der Waals surface area (Å²) in [5, 5.41) is 16.4. The van der Waals surface area contributed by atoms with Crippen LogP contribution in [0.5, 0.6) is 0 Å². The summed E-state index contributed by atoms with van der Waals surface area (Å²) in [7, 11) is 0. The van der Waals surface area contributed by atoms with Gasteiger partial charge in [-0.1, -0.05) is 13.8 Å². The zero-order valence-corrected chi connectivity index (χ0v) is 11.7. The zero-order chi connectivity index (χ0) is 13.6. The summed E-state index contributed by atoms with van der Waals surface area (Å²) in [4.78, 5) is 8.50. The van der Waals surface area contributed by atoms with Crippen LogP contribution in [0.1, 0.15) is 39.7 Å². The second-order valence-corrected chi connectivity index (χ2v) is 4.64. The van der Waals surface area contributed by atoms with E-state index in [-0.39, 0.29) is 0 Å². The van der Waals surface area contributed by atoms with Gasteiger partial charge in [-0.05, 0) is 26.7 Å². The molecule has 1 aromatic rings. The van der Waals surface area contributed by atoms with Crippen LogP contribution in [0.4, 0.5) is 11.6 Å². The fraction of sp³-hybridized carbons (Fsp3) is 0.692. The SMILES string of the molecule is CCNc1ncnc(NCC(C)(O)CC)c1CC. The van der Waals surface area contributed by atoms with E-state index in [9.17, 15) is 5.11 Å². The van der Waals surface area contributed by atoms with Crippen LogP contribution in [0.25, 0.3) is 0 Å². The van der Waals surface area contributed by atoms with Gasteiger partial charge in [0.25, 0.3) is 0 Å². The number of nitrogens with zero attached hydrogens (tertiary/aromatic N) is 2. The van der Waals surface area contributed by atoms with Crippen molar-refractivity contribution in [3.05, 3.63) is 11.9 Å². The first-order chi connectivity index (χ1) is 8.54. The molecule has 1 rings (SSSR count). The first-order valence-corrected chi connectivity index (χ1v) is 6.58. The average molecular weight is 252 g/mol. The van der Waals surface area contributed by atoms with Gasteiger partial charge in [-0.3, -0.25) is 0 Å². The van der Waals surface area contributed by atoms with Crippen molar-refractivity contribution in [2.75, 3.05) is 23.7 Å². The molecule has 5 nitrogen and oxygen atoms in total. The van der Waals surface area contributed by atoms with E-state index in [4.69, 9.17) is 0 Å². The molecule has 0 fully saturated rings. The second-order valence-electron chi connectivity index (χ2n) is 4.64. The van der Waals surface area contributed by atoms with Gasteiger partial charge in [-0.15, -0.1) is 0 Å². The van der Waals surface area contributed by atoms with Crippen LogP contribution >= 0.6 is 0 Å². The molecule has 5 heteroatoms. The van der Waals surface area contributed by atoms with Crippen molar-refractivity contribution in [3.8, 4) is 0 Å². The Hall–Kier alpha value is -1.36. The number of hydrogen-bond acceptors (Lipinski definition) is 5. The fourth-order valence-corrected chi connectivity index (χ4v) is 1.62. The molecule has 0 aromatic carbocycles. The molecule has 0 aliphatic carbocycles. The largest absolute Gasteiger partial charge is 0.388 e. The van der Waals surface area contributed by atoms with E-state index in [2.05, 4.69) is 27.5 Å². The van der Waals surface area contributed by atoms with Crippen LogP contribution in [0.3, 0.4) is 0 Å². The molecule has 0 bridgehead atoms. The van der Waals surface area contributed by atoms with Gasteiger partial charge in [-0.2, -0.15) is 0 Å². The molecule has 0 saturated heterocycles. The first-order valence-electron chi connectivity index (χ1n) is 6.58. The lowest BCUT2D eigenvalue weighted by Crippen LogP contribution is -2.33. The third-order valence-electron chi connectivity index (χ3n) is 3.04. The van der Waals surface area contributed by atoms with Crippen molar-refractivity contribution in [2.45, 2.75) is 46.1 Å². The summed E-state index contributed by atoms with van der Waals surface area (Å²) in [6.45, 7) is 9.21. The van der Waals surface area contributed by atoms with Crippen LogP contribution in [0, 0.1) is 0 Å². The molecular weight excluding hydrogens is 228 g/mol. The van der Waals surface area contributed by atoms with Crippen molar-refractivity contribution < 1.29 is 5.11 Å². The second kappa shape index (κ2) is 6.54. The minimum Gasteiger partial charge on any atom is -0.388 e. The van der Waals surface area contributed by atoms with E-state index in [1.807, 2.05) is 20.8 Å². The molecule has 0 spiro atoms. The topological polar surface area (TPSA) is 70.1 Å². The Morgan fingerprint density at radius 1 is 1.17 bits per heavy atom. The maximum absolute atomic E-state index is 10.00. The number of aliphatic hydroxyl groups is 1. The number of aromatic nitrogens is 2. The minimum atomic E-state index is -0.714. The van der Waals surface area contributed by atoms with Gasteiger partial charge in [-0.25, -0.2) is 9.97 Å². The Bertz CT molecular complexity index is 379. The van der Waals surface area contributed by atoms with Gasteiger partial charge < -0.3 is 15.7 Å². The summed E-state index contributed by atoms with van der Waals surface area (Å²) in [5.41, 5.74) is 0.347. The van der Waals surface area contributed by atoms with Gasteiger partial charge in [0.15, 0.2) is 0 Å². The minimum absolute atomic E-state index is 0.485. The van der Waals surface area contributed by atoms with Crippen molar-refractivity contribution in [2.24, 2.45) is 0 Å². The van der Waals surface area contributed by atoms with E-state index < -0.39 is 5.60 Å². The van der Waals surface area contributed by atoms with Crippen LogP contribution in [-0.2, 0) is 6.42 Å². The fourth-order valence-electron chi connectivity index (χ4n) is 1.62. The number of rotatable bonds is 7. The van der Waals surface area contributed by atoms with E-state index in [0.29, 0.717) is 13.0 Å². The van der Waals surface area contributed by atoms with Crippen molar-refractivity contribution >= 4 is 11.6 Å². The molecule has 18 heavy (non-hydrogen) atoms. The maximum Gasteiger partial charge on any atom is 0.134 e. The number of anilines is 2. The summed E-state index contributed by atoms with van der Waals surface area (Å²) >= 11 is 0. The highest BCUT2D eigenvalue weighted by Crippen LogP contribution is 2.21. The van der Waals surface area contributed by atoms with E-state index in [0.717, 1.165) is 30.2 Å². The smallest absolute Gasteiger partial charge is 0.134 e. The normalized spacial score (nSPS) is 14.1. The monoisotopic (exact) mass is 252 g/mol. The highest BCUT2D eigenvalue weighted by Gasteiger charge is 2.18. The molecule has 0 saturated carbocycles. The highest BCUT2D eigenvalue weighted by atomic mass is 16.3. The molecule has 3 N–H and O–H groups in total. The quantitative estimate of drug-likeness (QED) is 0.693. The van der Waals surface area contributed by atoms with Gasteiger partial charge in [0.1, 0.15) is 18.0 Å². The number of nitrogens with one attached hydrogen (secondary N) is 2. The Morgan fingerprint density at radius 3 is 2.28 bits per heavy atom. The molecule has 1 unspecified atom stereocenters. The third kappa shape index (κ3) is 3.84. The van der Waals surface area contributed by atoms with Crippen LogP contribution in [0.15, 0.2) is 6.33 Å². The Kier molecular flexibility index (Phi) is 5.34. The first kappa shape index (κ1) is 14.7. The Morgan fingerprint density at radius 2 is 1.78 bits per heavy atom. The molecule has 102 valence electrons. The molecule has 0 amide bonds. The van der Waals surface area contributed by atoms with E-state index >= 15 is 0 Å². The van der Waals surface area contributed by atoms with Crippen LogP contribution in [-0.4, -0.2) is 33.8 Å². The molecule has 1 aromatic heterocycles. The average Bonchev–Trinajstić information content (AvgIpc) is 2.37. The highest BCUT2D eigenvalue weighted by molar-refractivity contribution is 5.57. The lowest BCUT2D eigenvalue weighted by molar-refractivity contribution is 0.0696. The van der Waals surface area contributed by atoms with Crippen LogP contribution in [0.2, 0.25) is 0 Å².